The first-order valence-corrected chi connectivity index (χ1v) is 7.56. The summed E-state index contributed by atoms with van der Waals surface area (Å²) in [6.45, 7) is 7.53. The first-order chi connectivity index (χ1) is 9.49. The molecule has 20 heavy (non-hydrogen) atoms. The average Bonchev–Trinajstić information content (AvgIpc) is 2.41. The molecule has 1 aromatic rings. The maximum Gasteiger partial charge on any atom is 0.245 e. The van der Waals surface area contributed by atoms with Gasteiger partial charge < -0.3 is 15.0 Å². The Morgan fingerprint density at radius 3 is 2.95 bits per heavy atom. The van der Waals surface area contributed by atoms with Crippen LogP contribution in [0.2, 0.25) is 0 Å². The second-order valence-electron chi connectivity index (χ2n) is 5.18. The normalized spacial score (nSPS) is 19.2. The highest BCUT2D eigenvalue weighted by molar-refractivity contribution is 9.10. The molecule has 110 valence electrons. The molecule has 1 fully saturated rings. The van der Waals surface area contributed by atoms with Gasteiger partial charge in [-0.05, 0) is 48.8 Å². The zero-order chi connectivity index (χ0) is 14.7. The van der Waals surface area contributed by atoms with E-state index in [1.165, 1.54) is 0 Å². The van der Waals surface area contributed by atoms with Gasteiger partial charge >= 0.3 is 0 Å². The Bertz CT molecular complexity index is 493. The van der Waals surface area contributed by atoms with E-state index in [0.29, 0.717) is 19.8 Å². The molecular formula is C14H20BrN3O2. The molecule has 6 heteroatoms. The summed E-state index contributed by atoms with van der Waals surface area (Å²) in [6, 6.07) is 3.69. The molecule has 1 aromatic heterocycles. The van der Waals surface area contributed by atoms with Crippen molar-refractivity contribution in [3.63, 3.8) is 0 Å². The summed E-state index contributed by atoms with van der Waals surface area (Å²) in [4.78, 5) is 18.8. The Hall–Kier alpha value is -1.14. The number of hydrogen-bond acceptors (Lipinski definition) is 4. The highest BCUT2D eigenvalue weighted by atomic mass is 79.9. The highest BCUT2D eigenvalue weighted by Gasteiger charge is 2.30. The third-order valence-corrected chi connectivity index (χ3v) is 4.00. The van der Waals surface area contributed by atoms with Crippen molar-refractivity contribution < 1.29 is 9.53 Å². The fraction of sp³-hybridized carbons (Fsp3) is 0.571. The third kappa shape index (κ3) is 3.49. The van der Waals surface area contributed by atoms with Gasteiger partial charge in [-0.25, -0.2) is 4.98 Å². The van der Waals surface area contributed by atoms with Crippen LogP contribution in [0.4, 0.5) is 5.82 Å². The maximum atomic E-state index is 12.3. The number of carbonyl (C=O) groups is 1. The minimum Gasteiger partial charge on any atom is -0.377 e. The number of amides is 1. The summed E-state index contributed by atoms with van der Waals surface area (Å²) in [5, 5.41) is 2.94. The zero-order valence-electron chi connectivity index (χ0n) is 12.0. The molecule has 1 atom stereocenters. The summed E-state index contributed by atoms with van der Waals surface area (Å²) in [6.07, 6.45) is 0. The lowest BCUT2D eigenvalue weighted by molar-refractivity contribution is -0.125. The van der Waals surface area contributed by atoms with E-state index < -0.39 is 0 Å². The van der Waals surface area contributed by atoms with Crippen LogP contribution in [0.3, 0.4) is 0 Å². The molecule has 1 N–H and O–H groups in total. The van der Waals surface area contributed by atoms with Gasteiger partial charge in [0.15, 0.2) is 0 Å². The number of morpholine rings is 1. The molecule has 1 aliphatic rings. The number of halogens is 1. The lowest BCUT2D eigenvalue weighted by atomic mass is 10.2. The van der Waals surface area contributed by atoms with Crippen molar-refractivity contribution in [2.24, 2.45) is 0 Å². The van der Waals surface area contributed by atoms with Gasteiger partial charge in [-0.3, -0.25) is 4.79 Å². The van der Waals surface area contributed by atoms with Gasteiger partial charge in [-0.15, -0.1) is 0 Å². The molecule has 0 radical (unpaired) electrons. The van der Waals surface area contributed by atoms with Gasteiger partial charge in [0.2, 0.25) is 5.91 Å². The Labute approximate surface area is 127 Å². The largest absolute Gasteiger partial charge is 0.377 e. The SMILES string of the molecule is Cc1nc(N2CCOCC2C(=O)NC(C)C)ccc1Br. The number of hydrogen-bond donors (Lipinski definition) is 1. The Kier molecular flexibility index (Phi) is 4.99. The fourth-order valence-electron chi connectivity index (χ4n) is 2.17. The molecule has 2 rings (SSSR count). The Morgan fingerprint density at radius 2 is 2.30 bits per heavy atom. The lowest BCUT2D eigenvalue weighted by Gasteiger charge is -2.36. The molecule has 0 spiro atoms. The highest BCUT2D eigenvalue weighted by Crippen LogP contribution is 2.22. The number of pyridine rings is 1. The second kappa shape index (κ2) is 6.54. The molecule has 1 amide bonds. The minimum absolute atomic E-state index is 0.0120. The molecule has 5 nitrogen and oxygen atoms in total. The van der Waals surface area contributed by atoms with E-state index in [1.54, 1.807) is 0 Å². The zero-order valence-corrected chi connectivity index (χ0v) is 13.6. The lowest BCUT2D eigenvalue weighted by Crippen LogP contribution is -2.55. The van der Waals surface area contributed by atoms with E-state index in [1.807, 2.05) is 37.8 Å². The van der Waals surface area contributed by atoms with Crippen LogP contribution in [0, 0.1) is 6.92 Å². The van der Waals surface area contributed by atoms with E-state index >= 15 is 0 Å². The first-order valence-electron chi connectivity index (χ1n) is 6.77. The number of aromatic nitrogens is 1. The minimum atomic E-state index is -0.320. The van der Waals surface area contributed by atoms with Crippen molar-refractivity contribution in [3.05, 3.63) is 22.3 Å². The number of carbonyl (C=O) groups excluding carboxylic acids is 1. The van der Waals surface area contributed by atoms with Gasteiger partial charge in [0.05, 0.1) is 18.9 Å². The van der Waals surface area contributed by atoms with Gasteiger partial charge in [-0.2, -0.15) is 0 Å². The van der Waals surface area contributed by atoms with Gasteiger partial charge in [0.25, 0.3) is 0 Å². The van der Waals surface area contributed by atoms with Gasteiger partial charge in [0.1, 0.15) is 11.9 Å². The van der Waals surface area contributed by atoms with Gasteiger partial charge in [0, 0.05) is 17.1 Å². The summed E-state index contributed by atoms with van der Waals surface area (Å²) < 4.78 is 6.42. The Balaban J connectivity index is 2.21. The van der Waals surface area contributed by atoms with Crippen molar-refractivity contribution in [2.45, 2.75) is 32.9 Å². The van der Waals surface area contributed by atoms with E-state index in [0.717, 1.165) is 16.0 Å². The van der Waals surface area contributed by atoms with Crippen molar-refractivity contribution in [3.8, 4) is 0 Å². The first kappa shape index (κ1) is 15.3. The van der Waals surface area contributed by atoms with E-state index in [4.69, 9.17) is 4.74 Å². The molecule has 1 unspecified atom stereocenters. The monoisotopic (exact) mass is 341 g/mol. The average molecular weight is 342 g/mol. The van der Waals surface area contributed by atoms with Crippen molar-refractivity contribution >= 4 is 27.7 Å². The van der Waals surface area contributed by atoms with Crippen LogP contribution >= 0.6 is 15.9 Å². The molecular weight excluding hydrogens is 322 g/mol. The summed E-state index contributed by atoms with van der Waals surface area (Å²) in [5.74, 6) is 0.806. The molecule has 0 bridgehead atoms. The van der Waals surface area contributed by atoms with Crippen LogP contribution in [0.15, 0.2) is 16.6 Å². The fourth-order valence-corrected chi connectivity index (χ4v) is 2.39. The van der Waals surface area contributed by atoms with Gasteiger partial charge in [-0.1, -0.05) is 0 Å². The van der Waals surface area contributed by atoms with Crippen LogP contribution in [-0.2, 0) is 9.53 Å². The van der Waals surface area contributed by atoms with E-state index in [9.17, 15) is 4.79 Å². The van der Waals surface area contributed by atoms with Crippen LogP contribution < -0.4 is 10.2 Å². The summed E-state index contributed by atoms with van der Waals surface area (Å²) >= 11 is 3.45. The van der Waals surface area contributed by atoms with Crippen LogP contribution in [0.1, 0.15) is 19.5 Å². The molecule has 0 saturated carbocycles. The van der Waals surface area contributed by atoms with Crippen LogP contribution in [0.25, 0.3) is 0 Å². The predicted octanol–water partition coefficient (Wildman–Crippen LogP) is 1.88. The summed E-state index contributed by atoms with van der Waals surface area (Å²) in [5.41, 5.74) is 0.914. The molecule has 1 saturated heterocycles. The number of anilines is 1. The van der Waals surface area contributed by atoms with Crippen molar-refractivity contribution in [2.75, 3.05) is 24.7 Å². The molecule has 0 aliphatic carbocycles. The number of rotatable bonds is 3. The number of ether oxygens (including phenoxy) is 1. The number of aryl methyl sites for hydroxylation is 1. The van der Waals surface area contributed by atoms with Crippen molar-refractivity contribution in [1.29, 1.82) is 0 Å². The summed E-state index contributed by atoms with van der Waals surface area (Å²) in [7, 11) is 0. The quantitative estimate of drug-likeness (QED) is 0.911. The number of nitrogens with zero attached hydrogens (tertiary/aromatic N) is 2. The second-order valence-corrected chi connectivity index (χ2v) is 6.04. The molecule has 2 heterocycles. The molecule has 0 aromatic carbocycles. The van der Waals surface area contributed by atoms with E-state index in [-0.39, 0.29) is 18.0 Å². The maximum absolute atomic E-state index is 12.3. The topological polar surface area (TPSA) is 54.5 Å². The van der Waals surface area contributed by atoms with E-state index in [2.05, 4.69) is 26.2 Å². The number of nitrogens with one attached hydrogen (secondary N) is 1. The Morgan fingerprint density at radius 1 is 1.55 bits per heavy atom. The van der Waals surface area contributed by atoms with Crippen LogP contribution in [-0.4, -0.2) is 42.7 Å². The van der Waals surface area contributed by atoms with Crippen molar-refractivity contribution in [1.82, 2.24) is 10.3 Å². The molecule has 1 aliphatic heterocycles. The van der Waals surface area contributed by atoms with Crippen LogP contribution in [0.5, 0.6) is 0 Å². The smallest absolute Gasteiger partial charge is 0.245 e. The predicted molar refractivity (Wildman–Crippen MR) is 81.9 cm³/mol. The standard InChI is InChI=1S/C14H20BrN3O2/c1-9(2)16-14(19)12-8-20-7-6-18(12)13-5-4-11(15)10(3)17-13/h4-5,9,12H,6-8H2,1-3H3,(H,16,19). The third-order valence-electron chi connectivity index (χ3n) is 3.16.